The number of nitrogens with zero attached hydrogens (tertiary/aromatic N) is 1. The summed E-state index contributed by atoms with van der Waals surface area (Å²) in [6, 6.07) is 11.9. The molecule has 4 nitrogen and oxygen atoms in total. The minimum absolute atomic E-state index is 0.179. The molecule has 1 amide bonds. The Kier molecular flexibility index (Phi) is 4.24. The van der Waals surface area contributed by atoms with E-state index in [0.29, 0.717) is 11.3 Å². The van der Waals surface area contributed by atoms with Crippen LogP contribution in [0.3, 0.4) is 0 Å². The lowest BCUT2D eigenvalue weighted by atomic mass is 10.1. The molecule has 0 N–H and O–H groups in total. The monoisotopic (exact) mass is 345 g/mol. The van der Waals surface area contributed by atoms with Crippen LogP contribution in [0.2, 0.25) is 0 Å². The Balaban J connectivity index is 2.05. The van der Waals surface area contributed by atoms with Gasteiger partial charge in [0.05, 0.1) is 11.8 Å². The molecule has 1 heterocycles. The van der Waals surface area contributed by atoms with Gasteiger partial charge in [0.2, 0.25) is 0 Å². The van der Waals surface area contributed by atoms with Crippen molar-refractivity contribution in [2.24, 2.45) is 0 Å². The van der Waals surface area contributed by atoms with Crippen molar-refractivity contribution >= 4 is 21.4 Å². The van der Waals surface area contributed by atoms with Gasteiger partial charge in [0.15, 0.2) is 9.84 Å². The molecule has 2 aromatic carbocycles. The highest BCUT2D eigenvalue weighted by atomic mass is 32.2. The van der Waals surface area contributed by atoms with Crippen LogP contribution in [0.15, 0.2) is 60.0 Å². The first kappa shape index (κ1) is 16.4. The molecule has 0 fully saturated rings. The molecular formula is C18H16FNO3S. The predicted molar refractivity (Wildman–Crippen MR) is 91.1 cm³/mol. The van der Waals surface area contributed by atoms with E-state index in [1.165, 1.54) is 35.2 Å². The molecule has 24 heavy (non-hydrogen) atoms. The fourth-order valence-electron chi connectivity index (χ4n) is 2.72. The summed E-state index contributed by atoms with van der Waals surface area (Å²) < 4.78 is 36.8. The van der Waals surface area contributed by atoms with Crippen molar-refractivity contribution in [1.29, 1.82) is 0 Å². The third-order valence-electron chi connectivity index (χ3n) is 3.94. The first-order chi connectivity index (χ1) is 11.4. The smallest absolute Gasteiger partial charge is 0.259 e. The number of hydrogen-bond donors (Lipinski definition) is 0. The van der Waals surface area contributed by atoms with Crippen LogP contribution in [-0.4, -0.2) is 26.1 Å². The van der Waals surface area contributed by atoms with Gasteiger partial charge in [-0.25, -0.2) is 12.8 Å². The summed E-state index contributed by atoms with van der Waals surface area (Å²) in [4.78, 5) is 14.5. The number of halogens is 1. The number of rotatable bonds is 3. The zero-order chi connectivity index (χ0) is 17.3. The number of amides is 1. The maximum Gasteiger partial charge on any atom is 0.259 e. The second-order valence-electron chi connectivity index (χ2n) is 5.69. The Bertz CT molecular complexity index is 904. The Labute approximate surface area is 140 Å². The fraction of sp³-hybridized carbons (Fsp3) is 0.167. The van der Waals surface area contributed by atoms with Crippen molar-refractivity contribution in [3.05, 3.63) is 77.0 Å². The maximum atomic E-state index is 13.2. The summed E-state index contributed by atoms with van der Waals surface area (Å²) in [6.07, 6.45) is 1.49. The Morgan fingerprint density at radius 1 is 1.12 bits per heavy atom. The average Bonchev–Trinajstić information content (AvgIpc) is 2.89. The standard InChI is InChI=1S/C18H16FNO3S/c1-13-4-2-3-5-17(13)18(21)20(15-8-6-14(19)7-9-15)16-10-11-24(22,23)12-16/h2-11,16H,12H2,1H3/t16-/m0/s1. The number of aryl methyl sites for hydroxylation is 1. The summed E-state index contributed by atoms with van der Waals surface area (Å²) in [5.41, 5.74) is 1.73. The molecule has 0 bridgehead atoms. The molecule has 0 spiro atoms. The highest BCUT2D eigenvalue weighted by Crippen LogP contribution is 2.26. The highest BCUT2D eigenvalue weighted by molar-refractivity contribution is 7.94. The molecule has 0 aromatic heterocycles. The second-order valence-corrected chi connectivity index (χ2v) is 7.62. The van der Waals surface area contributed by atoms with Crippen molar-refractivity contribution in [3.8, 4) is 0 Å². The lowest BCUT2D eigenvalue weighted by molar-refractivity contribution is 0.0982. The Morgan fingerprint density at radius 2 is 1.79 bits per heavy atom. The van der Waals surface area contributed by atoms with Crippen LogP contribution in [-0.2, 0) is 9.84 Å². The van der Waals surface area contributed by atoms with E-state index in [0.717, 1.165) is 11.0 Å². The summed E-state index contributed by atoms with van der Waals surface area (Å²) in [5.74, 6) is -0.912. The molecule has 1 aliphatic rings. The molecule has 3 rings (SSSR count). The molecular weight excluding hydrogens is 329 g/mol. The van der Waals surface area contributed by atoms with Crippen molar-refractivity contribution in [3.63, 3.8) is 0 Å². The summed E-state index contributed by atoms with van der Waals surface area (Å²) in [7, 11) is -3.33. The summed E-state index contributed by atoms with van der Waals surface area (Å²) in [6.45, 7) is 1.82. The van der Waals surface area contributed by atoms with Crippen LogP contribution in [0.4, 0.5) is 10.1 Å². The van der Waals surface area contributed by atoms with E-state index in [-0.39, 0.29) is 11.7 Å². The summed E-state index contributed by atoms with van der Waals surface area (Å²) >= 11 is 0. The SMILES string of the molecule is Cc1ccccc1C(=O)N(c1ccc(F)cc1)[C@H]1C=CS(=O)(=O)C1. The number of anilines is 1. The zero-order valence-electron chi connectivity index (χ0n) is 13.0. The van der Waals surface area contributed by atoms with Crippen molar-refractivity contribution in [1.82, 2.24) is 0 Å². The van der Waals surface area contributed by atoms with Crippen LogP contribution in [0.5, 0.6) is 0 Å². The van der Waals surface area contributed by atoms with Crippen molar-refractivity contribution < 1.29 is 17.6 Å². The van der Waals surface area contributed by atoms with Gasteiger partial charge in [0.1, 0.15) is 5.82 Å². The topological polar surface area (TPSA) is 54.5 Å². The van der Waals surface area contributed by atoms with Gasteiger partial charge in [-0.1, -0.05) is 18.2 Å². The predicted octanol–water partition coefficient (Wildman–Crippen LogP) is 3.09. The van der Waals surface area contributed by atoms with Gasteiger partial charge in [-0.05, 0) is 48.9 Å². The van der Waals surface area contributed by atoms with Crippen LogP contribution < -0.4 is 4.90 Å². The molecule has 2 aromatic rings. The molecule has 1 atom stereocenters. The van der Waals surface area contributed by atoms with Crippen molar-refractivity contribution in [2.75, 3.05) is 10.7 Å². The largest absolute Gasteiger partial charge is 0.300 e. The number of sulfone groups is 1. The lowest BCUT2D eigenvalue weighted by Crippen LogP contribution is -2.41. The van der Waals surface area contributed by atoms with Gasteiger partial charge >= 0.3 is 0 Å². The van der Waals surface area contributed by atoms with Gasteiger partial charge in [-0.3, -0.25) is 4.79 Å². The fourth-order valence-corrected chi connectivity index (χ4v) is 3.99. The van der Waals surface area contributed by atoms with Gasteiger partial charge in [-0.2, -0.15) is 0 Å². The Hall–Kier alpha value is -2.47. The first-order valence-corrected chi connectivity index (χ1v) is 9.15. The molecule has 0 saturated carbocycles. The zero-order valence-corrected chi connectivity index (χ0v) is 13.8. The number of carbonyl (C=O) groups is 1. The second kappa shape index (κ2) is 6.20. The van der Waals surface area contributed by atoms with E-state index < -0.39 is 21.7 Å². The van der Waals surface area contributed by atoms with Crippen LogP contribution in [0, 0.1) is 12.7 Å². The van der Waals surface area contributed by atoms with E-state index >= 15 is 0 Å². The van der Waals surface area contributed by atoms with E-state index in [9.17, 15) is 17.6 Å². The van der Waals surface area contributed by atoms with Gasteiger partial charge in [-0.15, -0.1) is 0 Å². The third-order valence-corrected chi connectivity index (χ3v) is 5.32. The summed E-state index contributed by atoms with van der Waals surface area (Å²) in [5, 5.41) is 1.12. The maximum absolute atomic E-state index is 13.2. The minimum atomic E-state index is -3.33. The van der Waals surface area contributed by atoms with Crippen LogP contribution >= 0.6 is 0 Å². The van der Waals surface area contributed by atoms with Crippen molar-refractivity contribution in [2.45, 2.75) is 13.0 Å². The molecule has 6 heteroatoms. The van der Waals surface area contributed by atoms with Crippen LogP contribution in [0.25, 0.3) is 0 Å². The Morgan fingerprint density at radius 3 is 2.38 bits per heavy atom. The molecule has 0 radical (unpaired) electrons. The van der Waals surface area contributed by atoms with Gasteiger partial charge in [0.25, 0.3) is 5.91 Å². The molecule has 0 aliphatic carbocycles. The van der Waals surface area contributed by atoms with Gasteiger partial charge in [0, 0.05) is 16.7 Å². The van der Waals surface area contributed by atoms with E-state index in [1.807, 2.05) is 19.1 Å². The number of benzene rings is 2. The van der Waals surface area contributed by atoms with E-state index in [2.05, 4.69) is 0 Å². The molecule has 0 unspecified atom stereocenters. The normalized spacial score (nSPS) is 18.5. The first-order valence-electron chi connectivity index (χ1n) is 7.43. The number of hydrogen-bond acceptors (Lipinski definition) is 3. The average molecular weight is 345 g/mol. The molecule has 124 valence electrons. The molecule has 0 saturated heterocycles. The van der Waals surface area contributed by atoms with Crippen LogP contribution in [0.1, 0.15) is 15.9 Å². The minimum Gasteiger partial charge on any atom is -0.300 e. The van der Waals surface area contributed by atoms with Gasteiger partial charge < -0.3 is 4.90 Å². The van der Waals surface area contributed by atoms with E-state index in [1.54, 1.807) is 12.1 Å². The quantitative estimate of drug-likeness (QED) is 0.859. The number of carbonyl (C=O) groups excluding carboxylic acids is 1. The molecule has 1 aliphatic heterocycles. The third kappa shape index (κ3) is 3.23. The van der Waals surface area contributed by atoms with E-state index in [4.69, 9.17) is 0 Å². The highest BCUT2D eigenvalue weighted by Gasteiger charge is 2.32. The lowest BCUT2D eigenvalue weighted by Gasteiger charge is -2.28.